The van der Waals surface area contributed by atoms with Gasteiger partial charge in [0.2, 0.25) is 0 Å². The zero-order chi connectivity index (χ0) is 14.3. The molecule has 1 atom stereocenters. The second-order valence-electron chi connectivity index (χ2n) is 4.36. The fourth-order valence-corrected chi connectivity index (χ4v) is 1.63. The van der Waals surface area contributed by atoms with Gasteiger partial charge in [0.15, 0.2) is 0 Å². The summed E-state index contributed by atoms with van der Waals surface area (Å²) in [6, 6.07) is 9.48. The molecule has 1 rings (SSSR count). The number of esters is 1. The van der Waals surface area contributed by atoms with Crippen molar-refractivity contribution >= 4 is 5.97 Å². The van der Waals surface area contributed by atoms with Crippen LogP contribution in [-0.2, 0) is 16.1 Å². The lowest BCUT2D eigenvalue weighted by atomic mass is 9.98. The zero-order valence-corrected chi connectivity index (χ0v) is 11.4. The number of methoxy groups -OCH3 is 2. The molecule has 19 heavy (non-hydrogen) atoms. The van der Waals surface area contributed by atoms with Crippen molar-refractivity contribution in [1.29, 1.82) is 5.26 Å². The molecule has 0 fully saturated rings. The number of carbonyl (C=O) groups excluding carboxylic acids is 1. The maximum atomic E-state index is 11.7. The normalized spacial score (nSPS) is 13.2. The Labute approximate surface area is 113 Å². The molecule has 102 valence electrons. The summed E-state index contributed by atoms with van der Waals surface area (Å²) in [6.45, 7) is 2.13. The minimum Gasteiger partial charge on any atom is -0.497 e. The summed E-state index contributed by atoms with van der Waals surface area (Å²) in [6.07, 6.45) is 0.0514. The van der Waals surface area contributed by atoms with Gasteiger partial charge in [0.1, 0.15) is 11.3 Å². The van der Waals surface area contributed by atoms with Crippen molar-refractivity contribution < 1.29 is 14.3 Å². The monoisotopic (exact) mass is 262 g/mol. The Morgan fingerprint density at radius 1 is 1.37 bits per heavy atom. The zero-order valence-electron chi connectivity index (χ0n) is 11.4. The van der Waals surface area contributed by atoms with E-state index in [9.17, 15) is 4.79 Å². The molecule has 0 bridgehead atoms. The molecule has 1 N–H and O–H groups in total. The topological polar surface area (TPSA) is 71.4 Å². The summed E-state index contributed by atoms with van der Waals surface area (Å²) >= 11 is 0. The van der Waals surface area contributed by atoms with E-state index in [1.807, 2.05) is 30.3 Å². The van der Waals surface area contributed by atoms with Gasteiger partial charge in [-0.2, -0.15) is 5.26 Å². The van der Waals surface area contributed by atoms with Crippen LogP contribution in [-0.4, -0.2) is 25.7 Å². The Kier molecular flexibility index (Phi) is 5.34. The van der Waals surface area contributed by atoms with Crippen molar-refractivity contribution in [2.24, 2.45) is 0 Å². The number of hydrogen-bond donors (Lipinski definition) is 1. The summed E-state index contributed by atoms with van der Waals surface area (Å²) in [5.41, 5.74) is -0.00228. The number of carbonyl (C=O) groups is 1. The average Bonchev–Trinajstić information content (AvgIpc) is 2.45. The van der Waals surface area contributed by atoms with E-state index in [0.717, 1.165) is 11.3 Å². The Morgan fingerprint density at radius 3 is 2.47 bits per heavy atom. The van der Waals surface area contributed by atoms with Gasteiger partial charge in [-0.15, -0.1) is 0 Å². The molecule has 0 amide bonds. The van der Waals surface area contributed by atoms with Gasteiger partial charge in [-0.25, -0.2) is 0 Å². The Hall–Kier alpha value is -2.06. The summed E-state index contributed by atoms with van der Waals surface area (Å²) in [5, 5.41) is 11.9. The first-order chi connectivity index (χ1) is 9.05. The van der Waals surface area contributed by atoms with E-state index < -0.39 is 11.5 Å². The minimum absolute atomic E-state index is 0.0514. The van der Waals surface area contributed by atoms with E-state index in [2.05, 4.69) is 5.32 Å². The molecule has 0 aliphatic carbocycles. The molecular weight excluding hydrogens is 244 g/mol. The van der Waals surface area contributed by atoms with E-state index in [1.165, 1.54) is 7.11 Å². The van der Waals surface area contributed by atoms with Crippen molar-refractivity contribution in [3.63, 3.8) is 0 Å². The first-order valence-corrected chi connectivity index (χ1v) is 5.89. The van der Waals surface area contributed by atoms with Crippen LogP contribution in [0.25, 0.3) is 0 Å². The third-order valence-corrected chi connectivity index (χ3v) is 2.91. The quantitative estimate of drug-likeness (QED) is 0.789. The standard InChI is InChI=1S/C14H18N2O3/c1-14(8-9-15,13(17)19-3)16-10-11-4-6-12(18-2)7-5-11/h4-7,16H,8,10H2,1-3H3/t14-/m1/s1. The van der Waals surface area contributed by atoms with Crippen molar-refractivity contribution in [2.45, 2.75) is 25.4 Å². The van der Waals surface area contributed by atoms with E-state index in [-0.39, 0.29) is 6.42 Å². The lowest BCUT2D eigenvalue weighted by Crippen LogP contribution is -2.49. The molecule has 0 aliphatic rings. The first-order valence-electron chi connectivity index (χ1n) is 5.89. The van der Waals surface area contributed by atoms with Crippen LogP contribution >= 0.6 is 0 Å². The highest BCUT2D eigenvalue weighted by Crippen LogP contribution is 2.15. The van der Waals surface area contributed by atoms with Gasteiger partial charge >= 0.3 is 5.97 Å². The molecule has 1 aromatic rings. The number of nitrogens with one attached hydrogen (secondary N) is 1. The van der Waals surface area contributed by atoms with Gasteiger partial charge in [0.25, 0.3) is 0 Å². The van der Waals surface area contributed by atoms with Crippen molar-refractivity contribution in [3.05, 3.63) is 29.8 Å². The third kappa shape index (κ3) is 3.97. The van der Waals surface area contributed by atoms with Crippen LogP contribution in [0.15, 0.2) is 24.3 Å². The van der Waals surface area contributed by atoms with Crippen LogP contribution in [0.4, 0.5) is 0 Å². The molecule has 5 nitrogen and oxygen atoms in total. The minimum atomic E-state index is -0.997. The van der Waals surface area contributed by atoms with Gasteiger partial charge in [-0.05, 0) is 24.6 Å². The predicted octanol–water partition coefficient (Wildman–Crippen LogP) is 1.63. The largest absolute Gasteiger partial charge is 0.497 e. The molecule has 1 aromatic carbocycles. The molecule has 0 aliphatic heterocycles. The number of nitriles is 1. The number of hydrogen-bond acceptors (Lipinski definition) is 5. The summed E-state index contributed by atoms with van der Waals surface area (Å²) in [4.78, 5) is 11.7. The molecule has 0 saturated carbocycles. The number of benzene rings is 1. The number of nitrogens with zero attached hydrogens (tertiary/aromatic N) is 1. The molecule has 0 unspecified atom stereocenters. The van der Waals surface area contributed by atoms with Gasteiger partial charge in [0, 0.05) is 6.54 Å². The highest BCUT2D eigenvalue weighted by atomic mass is 16.5. The molecule has 0 spiro atoms. The predicted molar refractivity (Wildman–Crippen MR) is 70.5 cm³/mol. The van der Waals surface area contributed by atoms with Crippen LogP contribution in [0.1, 0.15) is 18.9 Å². The smallest absolute Gasteiger partial charge is 0.326 e. The maximum absolute atomic E-state index is 11.7. The Balaban J connectivity index is 2.70. The Morgan fingerprint density at radius 2 is 2.00 bits per heavy atom. The van der Waals surface area contributed by atoms with Gasteiger partial charge < -0.3 is 9.47 Å². The van der Waals surface area contributed by atoms with Crippen molar-refractivity contribution in [3.8, 4) is 11.8 Å². The van der Waals surface area contributed by atoms with Crippen molar-refractivity contribution in [2.75, 3.05) is 14.2 Å². The lowest BCUT2D eigenvalue weighted by Gasteiger charge is -2.25. The highest BCUT2D eigenvalue weighted by Gasteiger charge is 2.33. The second kappa shape index (κ2) is 6.76. The van der Waals surface area contributed by atoms with Crippen molar-refractivity contribution in [1.82, 2.24) is 5.32 Å². The van der Waals surface area contributed by atoms with E-state index in [1.54, 1.807) is 14.0 Å². The van der Waals surface area contributed by atoms with Gasteiger partial charge in [-0.1, -0.05) is 12.1 Å². The fourth-order valence-electron chi connectivity index (χ4n) is 1.63. The lowest BCUT2D eigenvalue weighted by molar-refractivity contribution is -0.147. The molecule has 0 radical (unpaired) electrons. The van der Waals surface area contributed by atoms with Gasteiger partial charge in [-0.3, -0.25) is 10.1 Å². The summed E-state index contributed by atoms with van der Waals surface area (Å²) in [5.74, 6) is 0.332. The first kappa shape index (κ1) is 15.0. The third-order valence-electron chi connectivity index (χ3n) is 2.91. The van der Waals surface area contributed by atoms with Crippen LogP contribution in [0.2, 0.25) is 0 Å². The summed E-state index contributed by atoms with van der Waals surface area (Å²) in [7, 11) is 2.92. The van der Waals surface area contributed by atoms with Crippen LogP contribution in [0.3, 0.4) is 0 Å². The molecule has 0 aromatic heterocycles. The number of ether oxygens (including phenoxy) is 2. The van der Waals surface area contributed by atoms with Crippen LogP contribution in [0.5, 0.6) is 5.75 Å². The SMILES string of the molecule is COC(=O)[C@@](C)(CC#N)NCc1ccc(OC)cc1. The van der Waals surface area contributed by atoms with Gasteiger partial charge in [0.05, 0.1) is 26.7 Å². The molecule has 0 heterocycles. The van der Waals surface area contributed by atoms with E-state index in [4.69, 9.17) is 14.7 Å². The summed E-state index contributed by atoms with van der Waals surface area (Å²) < 4.78 is 9.79. The highest BCUT2D eigenvalue weighted by molar-refractivity contribution is 5.80. The average molecular weight is 262 g/mol. The maximum Gasteiger partial charge on any atom is 0.326 e. The van der Waals surface area contributed by atoms with Crippen LogP contribution < -0.4 is 10.1 Å². The fraction of sp³-hybridized carbons (Fsp3) is 0.429. The van der Waals surface area contributed by atoms with E-state index in [0.29, 0.717) is 6.54 Å². The molecular formula is C14H18N2O3. The Bertz CT molecular complexity index is 465. The number of rotatable bonds is 6. The van der Waals surface area contributed by atoms with Crippen LogP contribution in [0, 0.1) is 11.3 Å². The van der Waals surface area contributed by atoms with E-state index >= 15 is 0 Å². The molecule has 0 saturated heterocycles. The molecule has 5 heteroatoms. The second-order valence-corrected chi connectivity index (χ2v) is 4.36.